The average molecular weight is 421 g/mol. The van der Waals surface area contributed by atoms with Gasteiger partial charge < -0.3 is 14.6 Å². The van der Waals surface area contributed by atoms with Crippen molar-refractivity contribution in [1.82, 2.24) is 9.80 Å². The van der Waals surface area contributed by atoms with E-state index in [1.54, 1.807) is 6.07 Å². The second-order valence-electron chi connectivity index (χ2n) is 7.67. The third kappa shape index (κ3) is 5.02. The molecule has 0 aliphatic carbocycles. The van der Waals surface area contributed by atoms with E-state index in [4.69, 9.17) is 9.52 Å². The largest absolute Gasteiger partial charge is 0.506 e. The van der Waals surface area contributed by atoms with Gasteiger partial charge in [-0.15, -0.1) is 0 Å². The van der Waals surface area contributed by atoms with Gasteiger partial charge in [-0.3, -0.25) is 14.8 Å². The third-order valence-corrected chi connectivity index (χ3v) is 5.67. The summed E-state index contributed by atoms with van der Waals surface area (Å²) in [5.74, 6) is -0.106. The monoisotopic (exact) mass is 421 g/mol. The first kappa shape index (κ1) is 21.2. The molecule has 2 N–H and O–H groups in total. The molecule has 1 aliphatic heterocycles. The summed E-state index contributed by atoms with van der Waals surface area (Å²) < 4.78 is 5.40. The van der Waals surface area contributed by atoms with E-state index < -0.39 is 5.63 Å². The third-order valence-electron chi connectivity index (χ3n) is 5.67. The van der Waals surface area contributed by atoms with Crippen LogP contribution < -0.4 is 5.63 Å². The van der Waals surface area contributed by atoms with Crippen molar-refractivity contribution in [2.75, 3.05) is 52.4 Å². The predicted molar refractivity (Wildman–Crippen MR) is 122 cm³/mol. The molecule has 1 fully saturated rings. The molecule has 0 atom stereocenters. The van der Waals surface area contributed by atoms with E-state index in [9.17, 15) is 9.90 Å². The van der Waals surface area contributed by atoms with Crippen molar-refractivity contribution >= 4 is 17.2 Å². The molecular formula is C24H27N3O4. The second-order valence-corrected chi connectivity index (χ2v) is 7.67. The van der Waals surface area contributed by atoms with Crippen LogP contribution in [0.15, 0.2) is 62.7 Å². The zero-order chi connectivity index (χ0) is 21.6. The lowest BCUT2D eigenvalue weighted by Crippen LogP contribution is -2.47. The molecule has 0 unspecified atom stereocenters. The molecule has 0 amide bonds. The first-order chi connectivity index (χ1) is 15.2. The molecule has 4 rings (SSSR count). The highest BCUT2D eigenvalue weighted by Crippen LogP contribution is 2.30. The lowest BCUT2D eigenvalue weighted by Gasteiger charge is -2.33. The van der Waals surface area contributed by atoms with Crippen molar-refractivity contribution in [1.29, 1.82) is 0 Å². The molecule has 7 heteroatoms. The van der Waals surface area contributed by atoms with E-state index in [1.807, 2.05) is 42.5 Å². The summed E-state index contributed by atoms with van der Waals surface area (Å²) in [6, 6.07) is 15.2. The lowest BCUT2D eigenvalue weighted by atomic mass is 10.0. The highest BCUT2D eigenvalue weighted by molar-refractivity contribution is 5.95. The van der Waals surface area contributed by atoms with Gasteiger partial charge >= 0.3 is 5.63 Å². The fourth-order valence-corrected chi connectivity index (χ4v) is 3.86. The molecule has 31 heavy (non-hydrogen) atoms. The molecule has 0 bridgehead atoms. The zero-order valence-corrected chi connectivity index (χ0v) is 17.4. The van der Waals surface area contributed by atoms with Crippen molar-refractivity contribution in [3.8, 4) is 16.9 Å². The Kier molecular flexibility index (Phi) is 6.76. The Morgan fingerprint density at radius 3 is 2.39 bits per heavy atom. The Balaban J connectivity index is 1.46. The highest BCUT2D eigenvalue weighted by Gasteiger charge is 2.16. The standard InChI is InChI=1S/C24H27N3O4/c28-15-14-27-12-10-26(11-13-27)9-8-25-17-21-23(29)20-16-19(18-4-2-1-3-5-18)6-7-22(20)31-24(21)30/h1-7,16-17,28-29H,8-15H2. The minimum Gasteiger partial charge on any atom is -0.506 e. The number of aliphatic hydroxyl groups is 1. The number of hydrogen-bond donors (Lipinski definition) is 2. The van der Waals surface area contributed by atoms with Crippen molar-refractivity contribution in [3.63, 3.8) is 0 Å². The van der Waals surface area contributed by atoms with Gasteiger partial charge in [-0.1, -0.05) is 36.4 Å². The van der Waals surface area contributed by atoms with E-state index in [1.165, 1.54) is 6.21 Å². The van der Waals surface area contributed by atoms with Gasteiger partial charge in [-0.2, -0.15) is 0 Å². The number of β-amino-alcohol motifs (C(OH)–C–C–N with tert-alkyl or cyclic N) is 1. The van der Waals surface area contributed by atoms with Crippen LogP contribution in [0.3, 0.4) is 0 Å². The number of nitrogens with zero attached hydrogens (tertiary/aromatic N) is 3. The Labute approximate surface area is 180 Å². The number of hydrogen-bond acceptors (Lipinski definition) is 7. The molecule has 0 radical (unpaired) electrons. The van der Waals surface area contributed by atoms with Gasteiger partial charge in [0, 0.05) is 45.5 Å². The smallest absolute Gasteiger partial charge is 0.348 e. The van der Waals surface area contributed by atoms with Gasteiger partial charge in [-0.25, -0.2) is 4.79 Å². The molecular weight excluding hydrogens is 394 g/mol. The van der Waals surface area contributed by atoms with Crippen LogP contribution >= 0.6 is 0 Å². The van der Waals surface area contributed by atoms with Gasteiger partial charge in [0.05, 0.1) is 18.5 Å². The van der Waals surface area contributed by atoms with Crippen molar-refractivity contribution < 1.29 is 14.6 Å². The van der Waals surface area contributed by atoms with Crippen LogP contribution in [0.2, 0.25) is 0 Å². The summed E-state index contributed by atoms with van der Waals surface area (Å²) in [6.07, 6.45) is 1.41. The summed E-state index contributed by atoms with van der Waals surface area (Å²) in [5, 5.41) is 20.3. The SMILES string of the molecule is O=c1oc2ccc(-c3ccccc3)cc2c(O)c1C=NCCN1CCN(CCO)CC1. The number of fused-ring (bicyclic) bond motifs is 1. The van der Waals surface area contributed by atoms with Crippen LogP contribution in [-0.4, -0.2) is 78.6 Å². The Morgan fingerprint density at radius 1 is 0.968 bits per heavy atom. The number of benzene rings is 2. The zero-order valence-electron chi connectivity index (χ0n) is 17.4. The summed E-state index contributed by atoms with van der Waals surface area (Å²) in [4.78, 5) is 21.3. The van der Waals surface area contributed by atoms with Gasteiger partial charge in [0.1, 0.15) is 16.9 Å². The fraction of sp³-hybridized carbons (Fsp3) is 0.333. The van der Waals surface area contributed by atoms with Crippen LogP contribution in [-0.2, 0) is 0 Å². The Hall–Kier alpha value is -3.00. The molecule has 0 saturated carbocycles. The minimum atomic E-state index is -0.598. The van der Waals surface area contributed by atoms with E-state index in [0.29, 0.717) is 17.5 Å². The van der Waals surface area contributed by atoms with Gasteiger partial charge in [-0.05, 0) is 23.3 Å². The topological polar surface area (TPSA) is 89.5 Å². The first-order valence-corrected chi connectivity index (χ1v) is 10.6. The summed E-state index contributed by atoms with van der Waals surface area (Å²) in [7, 11) is 0. The average Bonchev–Trinajstić information content (AvgIpc) is 2.80. The highest BCUT2D eigenvalue weighted by atomic mass is 16.4. The molecule has 0 spiro atoms. The molecule has 3 aromatic rings. The molecule has 1 aromatic heterocycles. The quantitative estimate of drug-likeness (QED) is 0.449. The summed E-state index contributed by atoms with van der Waals surface area (Å²) >= 11 is 0. The van der Waals surface area contributed by atoms with Crippen LogP contribution in [0.1, 0.15) is 5.56 Å². The maximum atomic E-state index is 12.3. The van der Waals surface area contributed by atoms with E-state index >= 15 is 0 Å². The maximum Gasteiger partial charge on any atom is 0.348 e. The second kappa shape index (κ2) is 9.87. The van der Waals surface area contributed by atoms with Crippen molar-refractivity contribution in [3.05, 3.63) is 64.5 Å². The lowest BCUT2D eigenvalue weighted by molar-refractivity contribution is 0.115. The van der Waals surface area contributed by atoms with Gasteiger partial charge in [0.15, 0.2) is 0 Å². The Morgan fingerprint density at radius 2 is 1.68 bits per heavy atom. The van der Waals surface area contributed by atoms with Crippen molar-refractivity contribution in [2.45, 2.75) is 0 Å². The molecule has 2 aromatic carbocycles. The molecule has 162 valence electrons. The van der Waals surface area contributed by atoms with E-state index in [2.05, 4.69) is 14.8 Å². The predicted octanol–water partition coefficient (Wildman–Crippen LogP) is 2.19. The van der Waals surface area contributed by atoms with Crippen molar-refractivity contribution in [2.24, 2.45) is 4.99 Å². The number of rotatable bonds is 7. The van der Waals surface area contributed by atoms with Crippen LogP contribution in [0.4, 0.5) is 0 Å². The summed E-state index contributed by atoms with van der Waals surface area (Å²) in [6.45, 7) is 5.95. The van der Waals surface area contributed by atoms with Gasteiger partial charge in [0.25, 0.3) is 0 Å². The van der Waals surface area contributed by atoms with E-state index in [0.717, 1.165) is 50.4 Å². The minimum absolute atomic E-state index is 0.0745. The Bertz CT molecular complexity index is 1100. The van der Waals surface area contributed by atoms with Gasteiger partial charge in [0.2, 0.25) is 0 Å². The van der Waals surface area contributed by atoms with Crippen LogP contribution in [0.5, 0.6) is 5.75 Å². The number of aliphatic imine (C=N–C) groups is 1. The molecule has 2 heterocycles. The van der Waals surface area contributed by atoms with Crippen LogP contribution in [0, 0.1) is 0 Å². The number of piperazine rings is 1. The maximum absolute atomic E-state index is 12.3. The first-order valence-electron chi connectivity index (χ1n) is 10.6. The fourth-order valence-electron chi connectivity index (χ4n) is 3.86. The van der Waals surface area contributed by atoms with Crippen LogP contribution in [0.25, 0.3) is 22.1 Å². The molecule has 1 aliphatic rings. The number of aromatic hydroxyl groups is 1. The summed E-state index contributed by atoms with van der Waals surface area (Å²) in [5.41, 5.74) is 1.77. The van der Waals surface area contributed by atoms with E-state index in [-0.39, 0.29) is 17.9 Å². The molecule has 1 saturated heterocycles. The normalized spacial score (nSPS) is 15.8. The number of aliphatic hydroxyl groups excluding tert-OH is 1. The molecule has 7 nitrogen and oxygen atoms in total.